The standard InChI is InChI=1S/C8H5BrN2O/c9-6-1-2-7(11-5-6)3-4-8(10)12/h1-2,5H,(H2,10,12). The van der Waals surface area contributed by atoms with Crippen LogP contribution >= 0.6 is 15.9 Å². The number of hydrogen-bond donors (Lipinski definition) is 1. The number of rotatable bonds is 0. The monoisotopic (exact) mass is 224 g/mol. The smallest absolute Gasteiger partial charge is 0.293 e. The van der Waals surface area contributed by atoms with E-state index in [1.807, 2.05) is 0 Å². The molecule has 3 nitrogen and oxygen atoms in total. The normalized spacial score (nSPS) is 8.42. The fraction of sp³-hybridized carbons (Fsp3) is 0. The van der Waals surface area contributed by atoms with Crippen LogP contribution in [-0.4, -0.2) is 10.9 Å². The minimum Gasteiger partial charge on any atom is -0.359 e. The predicted octanol–water partition coefficient (Wildman–Crippen LogP) is 0.681. The van der Waals surface area contributed by atoms with E-state index in [1.54, 1.807) is 18.3 Å². The highest BCUT2D eigenvalue weighted by molar-refractivity contribution is 9.10. The molecule has 0 spiro atoms. The highest BCUT2D eigenvalue weighted by atomic mass is 79.9. The molecular formula is C8H5BrN2O. The lowest BCUT2D eigenvalue weighted by molar-refractivity contribution is -0.112. The summed E-state index contributed by atoms with van der Waals surface area (Å²) in [5.41, 5.74) is 5.35. The third-order valence-corrected chi connectivity index (χ3v) is 1.51. The molecule has 12 heavy (non-hydrogen) atoms. The van der Waals surface area contributed by atoms with E-state index >= 15 is 0 Å². The van der Waals surface area contributed by atoms with Crippen molar-refractivity contribution in [2.24, 2.45) is 5.73 Å². The molecule has 1 aromatic heterocycles. The van der Waals surface area contributed by atoms with Crippen LogP contribution in [0.2, 0.25) is 0 Å². The van der Waals surface area contributed by atoms with Gasteiger partial charge in [0.15, 0.2) is 0 Å². The van der Waals surface area contributed by atoms with Gasteiger partial charge in [0.1, 0.15) is 5.69 Å². The van der Waals surface area contributed by atoms with Gasteiger partial charge < -0.3 is 5.73 Å². The summed E-state index contributed by atoms with van der Waals surface area (Å²) in [7, 11) is 0. The van der Waals surface area contributed by atoms with Crippen LogP contribution < -0.4 is 5.73 Å². The summed E-state index contributed by atoms with van der Waals surface area (Å²) in [5, 5.41) is 0. The SMILES string of the molecule is NC(=O)C#Cc1ccc(Br)cn1. The number of amides is 1. The molecule has 1 heterocycles. The lowest BCUT2D eigenvalue weighted by atomic mass is 10.3. The van der Waals surface area contributed by atoms with Gasteiger partial charge in [-0.05, 0) is 34.0 Å². The molecule has 0 unspecified atom stereocenters. The van der Waals surface area contributed by atoms with Gasteiger partial charge in [-0.1, -0.05) is 0 Å². The second kappa shape index (κ2) is 3.88. The number of carbonyl (C=O) groups is 1. The summed E-state index contributed by atoms with van der Waals surface area (Å²) in [6.45, 7) is 0. The molecule has 1 amide bonds. The largest absolute Gasteiger partial charge is 0.359 e. The predicted molar refractivity (Wildman–Crippen MR) is 48.0 cm³/mol. The van der Waals surface area contributed by atoms with E-state index in [2.05, 4.69) is 32.8 Å². The molecule has 0 aromatic carbocycles. The number of primary amides is 1. The van der Waals surface area contributed by atoms with Crippen LogP contribution in [0.15, 0.2) is 22.8 Å². The van der Waals surface area contributed by atoms with Gasteiger partial charge in [-0.25, -0.2) is 4.98 Å². The maximum atomic E-state index is 10.3. The summed E-state index contributed by atoms with van der Waals surface area (Å²) in [6.07, 6.45) is 1.60. The molecule has 60 valence electrons. The van der Waals surface area contributed by atoms with Crippen LogP contribution in [0.1, 0.15) is 5.69 Å². The highest BCUT2D eigenvalue weighted by Gasteiger charge is 1.88. The molecule has 0 saturated carbocycles. The number of nitrogens with two attached hydrogens (primary N) is 1. The summed E-state index contributed by atoms with van der Waals surface area (Å²) >= 11 is 3.22. The van der Waals surface area contributed by atoms with Gasteiger partial charge >= 0.3 is 0 Å². The molecule has 0 bridgehead atoms. The summed E-state index contributed by atoms with van der Waals surface area (Å²) in [5.74, 6) is 4.05. The van der Waals surface area contributed by atoms with E-state index in [4.69, 9.17) is 5.73 Å². The Morgan fingerprint density at radius 2 is 2.33 bits per heavy atom. The Morgan fingerprint density at radius 1 is 1.58 bits per heavy atom. The minimum atomic E-state index is -0.653. The molecule has 0 saturated heterocycles. The van der Waals surface area contributed by atoms with Gasteiger partial charge in [-0.3, -0.25) is 4.79 Å². The Balaban J connectivity index is 2.86. The molecule has 1 rings (SSSR count). The maximum absolute atomic E-state index is 10.3. The summed E-state index contributed by atoms with van der Waals surface area (Å²) in [6, 6.07) is 3.48. The zero-order chi connectivity index (χ0) is 8.97. The molecule has 0 fully saturated rings. The van der Waals surface area contributed by atoms with Gasteiger partial charge in [-0.2, -0.15) is 0 Å². The minimum absolute atomic E-state index is 0.525. The second-order valence-corrected chi connectivity index (χ2v) is 2.89. The van der Waals surface area contributed by atoms with Crippen molar-refractivity contribution in [1.29, 1.82) is 0 Å². The molecule has 4 heteroatoms. The number of nitrogens with zero attached hydrogens (tertiary/aromatic N) is 1. The van der Waals surface area contributed by atoms with Gasteiger partial charge in [0.25, 0.3) is 5.91 Å². The van der Waals surface area contributed by atoms with Crippen LogP contribution in [0, 0.1) is 11.8 Å². The average molecular weight is 225 g/mol. The first-order chi connectivity index (χ1) is 5.68. The molecular weight excluding hydrogens is 220 g/mol. The van der Waals surface area contributed by atoms with E-state index in [0.717, 1.165) is 4.47 Å². The maximum Gasteiger partial charge on any atom is 0.293 e. The molecule has 0 aliphatic rings. The van der Waals surface area contributed by atoms with Crippen molar-refractivity contribution in [3.8, 4) is 11.8 Å². The quantitative estimate of drug-likeness (QED) is 0.660. The Bertz CT molecular complexity index is 348. The van der Waals surface area contributed by atoms with Crippen molar-refractivity contribution in [3.05, 3.63) is 28.5 Å². The topological polar surface area (TPSA) is 56.0 Å². The summed E-state index contributed by atoms with van der Waals surface area (Å²) < 4.78 is 0.868. The van der Waals surface area contributed by atoms with Crippen molar-refractivity contribution in [2.45, 2.75) is 0 Å². The number of halogens is 1. The zero-order valence-corrected chi connectivity index (χ0v) is 7.63. The average Bonchev–Trinajstić information content (AvgIpc) is 2.03. The second-order valence-electron chi connectivity index (χ2n) is 1.98. The highest BCUT2D eigenvalue weighted by Crippen LogP contribution is 2.06. The van der Waals surface area contributed by atoms with Crippen LogP contribution in [-0.2, 0) is 4.79 Å². The number of aromatic nitrogens is 1. The van der Waals surface area contributed by atoms with Crippen LogP contribution in [0.4, 0.5) is 0 Å². The first kappa shape index (κ1) is 8.75. The molecule has 0 atom stereocenters. The lowest BCUT2D eigenvalue weighted by Gasteiger charge is -1.88. The lowest BCUT2D eigenvalue weighted by Crippen LogP contribution is -2.06. The van der Waals surface area contributed by atoms with Crippen molar-refractivity contribution >= 4 is 21.8 Å². The Hall–Kier alpha value is -1.34. The Labute approximate surface area is 78.1 Å². The van der Waals surface area contributed by atoms with E-state index in [9.17, 15) is 4.79 Å². The first-order valence-corrected chi connectivity index (χ1v) is 3.91. The van der Waals surface area contributed by atoms with Crippen molar-refractivity contribution < 1.29 is 4.79 Å². The summed E-state index contributed by atoms with van der Waals surface area (Å²) in [4.78, 5) is 14.2. The van der Waals surface area contributed by atoms with E-state index in [-0.39, 0.29) is 0 Å². The van der Waals surface area contributed by atoms with Crippen LogP contribution in [0.5, 0.6) is 0 Å². The van der Waals surface area contributed by atoms with Gasteiger partial charge in [0, 0.05) is 16.6 Å². The van der Waals surface area contributed by atoms with Crippen molar-refractivity contribution in [2.75, 3.05) is 0 Å². The van der Waals surface area contributed by atoms with Crippen LogP contribution in [0.3, 0.4) is 0 Å². The van der Waals surface area contributed by atoms with Gasteiger partial charge in [-0.15, -0.1) is 0 Å². The van der Waals surface area contributed by atoms with E-state index in [1.165, 1.54) is 0 Å². The third-order valence-electron chi connectivity index (χ3n) is 1.04. The molecule has 2 N–H and O–H groups in total. The molecule has 1 aromatic rings. The number of hydrogen-bond acceptors (Lipinski definition) is 2. The Morgan fingerprint density at radius 3 is 2.83 bits per heavy atom. The number of pyridine rings is 1. The molecule has 0 aliphatic carbocycles. The number of carbonyl (C=O) groups excluding carboxylic acids is 1. The van der Waals surface area contributed by atoms with Gasteiger partial charge in [0.05, 0.1) is 0 Å². The van der Waals surface area contributed by atoms with E-state index < -0.39 is 5.91 Å². The van der Waals surface area contributed by atoms with Gasteiger partial charge in [0.2, 0.25) is 0 Å². The third kappa shape index (κ3) is 2.72. The zero-order valence-electron chi connectivity index (χ0n) is 6.04. The fourth-order valence-corrected chi connectivity index (χ4v) is 0.810. The first-order valence-electron chi connectivity index (χ1n) is 3.11. The molecule has 0 aliphatic heterocycles. The fourth-order valence-electron chi connectivity index (χ4n) is 0.575. The molecule has 0 radical (unpaired) electrons. The van der Waals surface area contributed by atoms with Crippen LogP contribution in [0.25, 0.3) is 0 Å². The van der Waals surface area contributed by atoms with Crippen molar-refractivity contribution in [3.63, 3.8) is 0 Å². The van der Waals surface area contributed by atoms with E-state index in [0.29, 0.717) is 5.69 Å². The Kier molecular flexibility index (Phi) is 2.83. The van der Waals surface area contributed by atoms with Crippen molar-refractivity contribution in [1.82, 2.24) is 4.98 Å².